The highest BCUT2D eigenvalue weighted by atomic mass is 16.5. The number of carbonyl (C=O) groups is 1. The fourth-order valence-electron chi connectivity index (χ4n) is 4.19. The molecule has 27 heavy (non-hydrogen) atoms. The van der Waals surface area contributed by atoms with Gasteiger partial charge in [-0.15, -0.1) is 0 Å². The summed E-state index contributed by atoms with van der Waals surface area (Å²) in [5.41, 5.74) is 3.02. The minimum Gasteiger partial charge on any atom is -0.478 e. The van der Waals surface area contributed by atoms with E-state index in [4.69, 9.17) is 9.84 Å². The minimum absolute atomic E-state index is 0.137. The van der Waals surface area contributed by atoms with Crippen LogP contribution in [0.15, 0.2) is 54.6 Å². The highest BCUT2D eigenvalue weighted by Crippen LogP contribution is 2.46. The predicted octanol–water partition coefficient (Wildman–Crippen LogP) is 5.70. The van der Waals surface area contributed by atoms with Crippen molar-refractivity contribution < 1.29 is 14.6 Å². The molecule has 2 aromatic carbocycles. The van der Waals surface area contributed by atoms with Crippen LogP contribution in [-0.2, 0) is 11.2 Å². The second-order valence-corrected chi connectivity index (χ2v) is 7.97. The predicted molar refractivity (Wildman–Crippen MR) is 108 cm³/mol. The number of carboxylic acids is 1. The molecule has 144 valence electrons. The Morgan fingerprint density at radius 1 is 1.11 bits per heavy atom. The summed E-state index contributed by atoms with van der Waals surface area (Å²) in [7, 11) is 0. The summed E-state index contributed by atoms with van der Waals surface area (Å²) in [6, 6.07) is 18.0. The summed E-state index contributed by atoms with van der Waals surface area (Å²) in [5.74, 6) is 0.136. The average Bonchev–Trinajstić information content (AvgIpc) is 3.41. The number of hydrogen-bond acceptors (Lipinski definition) is 2. The van der Waals surface area contributed by atoms with Crippen molar-refractivity contribution in [1.82, 2.24) is 0 Å². The maximum absolute atomic E-state index is 11.1. The van der Waals surface area contributed by atoms with Crippen LogP contribution in [-0.4, -0.2) is 23.3 Å². The lowest BCUT2D eigenvalue weighted by atomic mass is 9.82. The first-order valence-electron chi connectivity index (χ1n) is 10.0. The van der Waals surface area contributed by atoms with Crippen molar-refractivity contribution in [1.29, 1.82) is 0 Å². The molecular formula is C24H30O3. The molecule has 2 aromatic rings. The molecule has 1 aliphatic carbocycles. The van der Waals surface area contributed by atoms with E-state index in [1.165, 1.54) is 24.0 Å². The summed E-state index contributed by atoms with van der Waals surface area (Å²) in [5, 5.41) is 9.10. The van der Waals surface area contributed by atoms with Gasteiger partial charge in [0.1, 0.15) is 0 Å². The molecule has 0 bridgehead atoms. The molecule has 0 spiro atoms. The Bertz CT molecular complexity index is 732. The van der Waals surface area contributed by atoms with Gasteiger partial charge in [-0.1, -0.05) is 49.4 Å². The van der Waals surface area contributed by atoms with Gasteiger partial charge in [0.25, 0.3) is 0 Å². The van der Waals surface area contributed by atoms with Crippen LogP contribution in [0.25, 0.3) is 0 Å². The van der Waals surface area contributed by atoms with Crippen molar-refractivity contribution in [2.24, 2.45) is 5.92 Å². The van der Waals surface area contributed by atoms with Crippen molar-refractivity contribution in [2.45, 2.75) is 57.5 Å². The molecular weight excluding hydrogens is 336 g/mol. The minimum atomic E-state index is -0.875. The SMILES string of the molecule is CCOC1(CC(C)CC(Cc2ccc(C(=O)O)cc2)c2ccccc2)CC1. The molecule has 1 aliphatic rings. The van der Waals surface area contributed by atoms with Crippen molar-refractivity contribution >= 4 is 5.97 Å². The summed E-state index contributed by atoms with van der Waals surface area (Å²) in [4.78, 5) is 11.1. The zero-order chi connectivity index (χ0) is 19.3. The Hall–Kier alpha value is -2.13. The normalized spacial score (nSPS) is 17.3. The summed E-state index contributed by atoms with van der Waals surface area (Å²) < 4.78 is 6.00. The average molecular weight is 367 g/mol. The van der Waals surface area contributed by atoms with Gasteiger partial charge in [-0.3, -0.25) is 0 Å². The zero-order valence-corrected chi connectivity index (χ0v) is 16.4. The van der Waals surface area contributed by atoms with E-state index in [-0.39, 0.29) is 5.60 Å². The highest BCUT2D eigenvalue weighted by Gasteiger charge is 2.44. The Kier molecular flexibility index (Phi) is 6.33. The lowest BCUT2D eigenvalue weighted by Gasteiger charge is -2.25. The maximum Gasteiger partial charge on any atom is 0.335 e. The standard InChI is InChI=1S/C24H30O3/c1-3-27-24(13-14-24)17-18(2)15-22(20-7-5-4-6-8-20)16-19-9-11-21(12-10-19)23(25)26/h4-12,18,22H,3,13-17H2,1-2H3,(H,25,26). The van der Waals surface area contributed by atoms with E-state index < -0.39 is 5.97 Å². The fraction of sp³-hybridized carbons (Fsp3) is 0.458. The van der Waals surface area contributed by atoms with E-state index in [2.05, 4.69) is 44.2 Å². The van der Waals surface area contributed by atoms with E-state index in [1.807, 2.05) is 12.1 Å². The first-order chi connectivity index (χ1) is 13.0. The van der Waals surface area contributed by atoms with Gasteiger partial charge in [-0.25, -0.2) is 4.79 Å². The van der Waals surface area contributed by atoms with Gasteiger partial charge >= 0.3 is 5.97 Å². The van der Waals surface area contributed by atoms with E-state index in [9.17, 15) is 4.79 Å². The van der Waals surface area contributed by atoms with Crippen molar-refractivity contribution in [3.63, 3.8) is 0 Å². The van der Waals surface area contributed by atoms with E-state index >= 15 is 0 Å². The Balaban J connectivity index is 1.70. The molecule has 1 fully saturated rings. The molecule has 0 aliphatic heterocycles. The molecule has 3 nitrogen and oxygen atoms in total. The molecule has 2 atom stereocenters. The number of hydrogen-bond donors (Lipinski definition) is 1. The molecule has 1 N–H and O–H groups in total. The topological polar surface area (TPSA) is 46.5 Å². The van der Waals surface area contributed by atoms with Crippen molar-refractivity contribution in [2.75, 3.05) is 6.61 Å². The van der Waals surface area contributed by atoms with Crippen molar-refractivity contribution in [3.05, 3.63) is 71.3 Å². The van der Waals surface area contributed by atoms with Gasteiger partial charge in [0, 0.05) is 6.61 Å². The fourth-order valence-corrected chi connectivity index (χ4v) is 4.19. The van der Waals surface area contributed by atoms with Crippen LogP contribution < -0.4 is 0 Å². The molecule has 0 saturated heterocycles. The van der Waals surface area contributed by atoms with Gasteiger partial charge < -0.3 is 9.84 Å². The number of aromatic carboxylic acids is 1. The first kappa shape index (κ1) is 19.6. The van der Waals surface area contributed by atoms with Crippen LogP contribution in [0.2, 0.25) is 0 Å². The number of benzene rings is 2. The third-order valence-corrected chi connectivity index (χ3v) is 5.62. The van der Waals surface area contributed by atoms with Crippen molar-refractivity contribution in [3.8, 4) is 0 Å². The second kappa shape index (κ2) is 8.71. The lowest BCUT2D eigenvalue weighted by molar-refractivity contribution is 0.0237. The maximum atomic E-state index is 11.1. The van der Waals surface area contributed by atoms with Gasteiger partial charge in [-0.05, 0) is 74.1 Å². The zero-order valence-electron chi connectivity index (χ0n) is 16.4. The van der Waals surface area contributed by atoms with E-state index in [1.54, 1.807) is 12.1 Å². The molecule has 0 radical (unpaired) electrons. The summed E-state index contributed by atoms with van der Waals surface area (Å²) in [6.07, 6.45) is 5.55. The van der Waals surface area contributed by atoms with Crippen LogP contribution in [0.3, 0.4) is 0 Å². The van der Waals surface area contributed by atoms with E-state index in [0.717, 1.165) is 25.9 Å². The highest BCUT2D eigenvalue weighted by molar-refractivity contribution is 5.87. The van der Waals surface area contributed by atoms with Crippen LogP contribution in [0, 0.1) is 5.92 Å². The summed E-state index contributed by atoms with van der Waals surface area (Å²) in [6.45, 7) is 5.21. The van der Waals surface area contributed by atoms with Gasteiger partial charge in [0.2, 0.25) is 0 Å². The Morgan fingerprint density at radius 2 is 1.78 bits per heavy atom. The van der Waals surface area contributed by atoms with E-state index in [0.29, 0.717) is 17.4 Å². The van der Waals surface area contributed by atoms with Gasteiger partial charge in [0.05, 0.1) is 11.2 Å². The van der Waals surface area contributed by atoms with Gasteiger partial charge in [-0.2, -0.15) is 0 Å². The molecule has 3 heteroatoms. The van der Waals surface area contributed by atoms with Crippen LogP contribution in [0.1, 0.15) is 66.9 Å². The Morgan fingerprint density at radius 3 is 2.33 bits per heavy atom. The van der Waals surface area contributed by atoms with Crippen LogP contribution >= 0.6 is 0 Å². The third-order valence-electron chi connectivity index (χ3n) is 5.62. The third kappa shape index (κ3) is 5.43. The number of carboxylic acid groups (broad SMARTS) is 1. The summed E-state index contributed by atoms with van der Waals surface area (Å²) >= 11 is 0. The van der Waals surface area contributed by atoms with Crippen LogP contribution in [0.4, 0.5) is 0 Å². The lowest BCUT2D eigenvalue weighted by Crippen LogP contribution is -2.19. The van der Waals surface area contributed by atoms with Crippen LogP contribution in [0.5, 0.6) is 0 Å². The first-order valence-corrected chi connectivity index (χ1v) is 10.0. The molecule has 1 saturated carbocycles. The molecule has 0 heterocycles. The smallest absolute Gasteiger partial charge is 0.335 e. The molecule has 0 amide bonds. The number of rotatable bonds is 10. The molecule has 3 rings (SSSR count). The van der Waals surface area contributed by atoms with Gasteiger partial charge in [0.15, 0.2) is 0 Å². The quantitative estimate of drug-likeness (QED) is 0.587. The molecule has 2 unspecified atom stereocenters. The molecule has 0 aromatic heterocycles. The monoisotopic (exact) mass is 366 g/mol. The second-order valence-electron chi connectivity index (χ2n) is 7.97. The largest absolute Gasteiger partial charge is 0.478 e. The Labute approximate surface area is 162 Å². The number of ether oxygens (including phenoxy) is 1.